The number of benzene rings is 1. The lowest BCUT2D eigenvalue weighted by molar-refractivity contribution is -0.132. The van der Waals surface area contributed by atoms with Gasteiger partial charge in [0, 0.05) is 13.1 Å². The van der Waals surface area contributed by atoms with Gasteiger partial charge in [0.05, 0.1) is 20.3 Å². The molecule has 0 aromatic heterocycles. The zero-order valence-electron chi connectivity index (χ0n) is 12.4. The van der Waals surface area contributed by atoms with Crippen molar-refractivity contribution in [3.63, 3.8) is 0 Å². The molecule has 0 aliphatic heterocycles. The maximum Gasteiger partial charge on any atom is 0.239 e. The highest BCUT2D eigenvalue weighted by Crippen LogP contribution is 2.28. The molecule has 0 fully saturated rings. The van der Waals surface area contributed by atoms with Crippen molar-refractivity contribution in [3.8, 4) is 11.5 Å². The van der Waals surface area contributed by atoms with E-state index in [1.165, 1.54) is 0 Å². The van der Waals surface area contributed by atoms with E-state index in [0.29, 0.717) is 24.6 Å². The first-order valence-electron chi connectivity index (χ1n) is 6.28. The Morgan fingerprint density at radius 2 is 1.90 bits per heavy atom. The number of methoxy groups -OCH3 is 2. The Bertz CT molecular complexity index is 438. The van der Waals surface area contributed by atoms with Crippen molar-refractivity contribution in [2.45, 2.75) is 26.4 Å². The molecule has 114 valence electrons. The average Bonchev–Trinajstić information content (AvgIpc) is 2.43. The summed E-state index contributed by atoms with van der Waals surface area (Å²) in [6.07, 6.45) is 0. The molecule has 2 N–H and O–H groups in total. The first kappa shape index (κ1) is 18.5. The number of carbonyl (C=O) groups is 1. The molecule has 6 heteroatoms. The SMILES string of the molecule is CCN(Cc1ccc(OC)c(OC)c1)C(=O)[C@@H](C)N.Cl. The lowest BCUT2D eigenvalue weighted by atomic mass is 10.1. The number of nitrogens with zero attached hydrogens (tertiary/aromatic N) is 1. The number of halogens is 1. The fourth-order valence-electron chi connectivity index (χ4n) is 1.83. The van der Waals surface area contributed by atoms with Crippen LogP contribution in [-0.4, -0.2) is 37.6 Å². The molecule has 0 saturated carbocycles. The quantitative estimate of drug-likeness (QED) is 0.870. The van der Waals surface area contributed by atoms with Gasteiger partial charge in [-0.2, -0.15) is 0 Å². The van der Waals surface area contributed by atoms with Gasteiger partial charge in [0.25, 0.3) is 0 Å². The van der Waals surface area contributed by atoms with Crippen LogP contribution in [0.3, 0.4) is 0 Å². The Morgan fingerprint density at radius 3 is 2.35 bits per heavy atom. The fourth-order valence-corrected chi connectivity index (χ4v) is 1.83. The third-order valence-corrected chi connectivity index (χ3v) is 2.90. The van der Waals surface area contributed by atoms with Crippen molar-refractivity contribution >= 4 is 18.3 Å². The van der Waals surface area contributed by atoms with Crippen LogP contribution in [0.5, 0.6) is 11.5 Å². The number of rotatable bonds is 6. The number of hydrogen-bond acceptors (Lipinski definition) is 4. The first-order valence-corrected chi connectivity index (χ1v) is 6.28. The van der Waals surface area contributed by atoms with Crippen molar-refractivity contribution < 1.29 is 14.3 Å². The molecule has 0 aliphatic rings. The Balaban J connectivity index is 0.00000361. The van der Waals surface area contributed by atoms with Crippen LogP contribution in [0.2, 0.25) is 0 Å². The molecule has 0 bridgehead atoms. The Kier molecular flexibility index (Phi) is 8.03. The molecule has 1 atom stereocenters. The van der Waals surface area contributed by atoms with Crippen LogP contribution < -0.4 is 15.2 Å². The molecule has 0 aliphatic carbocycles. The zero-order chi connectivity index (χ0) is 14.4. The monoisotopic (exact) mass is 302 g/mol. The number of ether oxygens (including phenoxy) is 2. The van der Waals surface area contributed by atoms with E-state index in [1.54, 1.807) is 26.0 Å². The minimum absolute atomic E-state index is 0. The molecule has 1 amide bonds. The average molecular weight is 303 g/mol. The lowest BCUT2D eigenvalue weighted by Crippen LogP contribution is -2.41. The number of nitrogens with two attached hydrogens (primary N) is 1. The summed E-state index contributed by atoms with van der Waals surface area (Å²) in [6, 6.07) is 5.13. The minimum Gasteiger partial charge on any atom is -0.493 e. The van der Waals surface area contributed by atoms with E-state index in [9.17, 15) is 4.79 Å². The van der Waals surface area contributed by atoms with Gasteiger partial charge in [0.1, 0.15) is 0 Å². The minimum atomic E-state index is -0.486. The van der Waals surface area contributed by atoms with Crippen molar-refractivity contribution in [2.75, 3.05) is 20.8 Å². The van der Waals surface area contributed by atoms with Gasteiger partial charge in [-0.25, -0.2) is 0 Å². The van der Waals surface area contributed by atoms with Gasteiger partial charge in [0.15, 0.2) is 11.5 Å². The van der Waals surface area contributed by atoms with E-state index in [0.717, 1.165) is 5.56 Å². The van der Waals surface area contributed by atoms with Crippen molar-refractivity contribution in [1.82, 2.24) is 4.90 Å². The summed E-state index contributed by atoms with van der Waals surface area (Å²) in [4.78, 5) is 13.6. The number of carbonyl (C=O) groups excluding carboxylic acids is 1. The van der Waals surface area contributed by atoms with Gasteiger partial charge >= 0.3 is 0 Å². The molecule has 5 nitrogen and oxygen atoms in total. The predicted molar refractivity (Wildman–Crippen MR) is 81.5 cm³/mol. The topological polar surface area (TPSA) is 64.8 Å². The van der Waals surface area contributed by atoms with Gasteiger partial charge in [-0.05, 0) is 31.5 Å². The lowest BCUT2D eigenvalue weighted by Gasteiger charge is -2.23. The van der Waals surface area contributed by atoms with Gasteiger partial charge < -0.3 is 20.1 Å². The summed E-state index contributed by atoms with van der Waals surface area (Å²) < 4.78 is 10.4. The third kappa shape index (κ3) is 4.58. The highest BCUT2D eigenvalue weighted by atomic mass is 35.5. The van der Waals surface area contributed by atoms with Crippen molar-refractivity contribution in [3.05, 3.63) is 23.8 Å². The summed E-state index contributed by atoms with van der Waals surface area (Å²) in [7, 11) is 3.18. The summed E-state index contributed by atoms with van der Waals surface area (Å²) in [5.41, 5.74) is 6.61. The Hall–Kier alpha value is -1.46. The maximum absolute atomic E-state index is 11.9. The molecule has 0 heterocycles. The molecule has 1 aromatic carbocycles. The van der Waals surface area contributed by atoms with E-state index >= 15 is 0 Å². The van der Waals surface area contributed by atoms with Crippen LogP contribution in [0, 0.1) is 0 Å². The van der Waals surface area contributed by atoms with Crippen LogP contribution in [0.4, 0.5) is 0 Å². The largest absolute Gasteiger partial charge is 0.493 e. The normalized spacial score (nSPS) is 11.2. The van der Waals surface area contributed by atoms with Gasteiger partial charge in [-0.3, -0.25) is 4.79 Å². The molecule has 0 unspecified atom stereocenters. The first-order chi connectivity index (χ1) is 9.03. The van der Waals surface area contributed by atoms with Crippen LogP contribution in [-0.2, 0) is 11.3 Å². The molecular formula is C14H23ClN2O3. The van der Waals surface area contributed by atoms with E-state index in [-0.39, 0.29) is 18.3 Å². The Labute approximate surface area is 126 Å². The second kappa shape index (κ2) is 8.66. The maximum atomic E-state index is 11.9. The molecule has 1 rings (SSSR count). The van der Waals surface area contributed by atoms with Crippen LogP contribution in [0.15, 0.2) is 18.2 Å². The number of hydrogen-bond donors (Lipinski definition) is 1. The van der Waals surface area contributed by atoms with E-state index < -0.39 is 6.04 Å². The van der Waals surface area contributed by atoms with Crippen molar-refractivity contribution in [1.29, 1.82) is 0 Å². The molecule has 1 aromatic rings. The fraction of sp³-hybridized carbons (Fsp3) is 0.500. The van der Waals surface area contributed by atoms with Crippen LogP contribution in [0.25, 0.3) is 0 Å². The number of likely N-dealkylation sites (N-methyl/N-ethyl adjacent to an activating group) is 1. The standard InChI is InChI=1S/C14H22N2O3.ClH/c1-5-16(14(17)10(2)15)9-11-6-7-12(18-3)13(8-11)19-4;/h6-8,10H,5,9,15H2,1-4H3;1H/t10-;/m1./s1. The molecule has 0 saturated heterocycles. The van der Waals surface area contributed by atoms with Crippen molar-refractivity contribution in [2.24, 2.45) is 5.73 Å². The van der Waals surface area contributed by atoms with Crippen LogP contribution in [0.1, 0.15) is 19.4 Å². The molecule has 0 spiro atoms. The van der Waals surface area contributed by atoms with E-state index in [1.807, 2.05) is 25.1 Å². The number of amides is 1. The molecule has 0 radical (unpaired) electrons. The second-order valence-corrected chi connectivity index (χ2v) is 4.33. The van der Waals surface area contributed by atoms with Gasteiger partial charge in [-0.1, -0.05) is 6.07 Å². The van der Waals surface area contributed by atoms with Crippen LogP contribution >= 0.6 is 12.4 Å². The van der Waals surface area contributed by atoms with E-state index in [4.69, 9.17) is 15.2 Å². The van der Waals surface area contributed by atoms with Gasteiger partial charge in [0.2, 0.25) is 5.91 Å². The highest BCUT2D eigenvalue weighted by Gasteiger charge is 2.16. The highest BCUT2D eigenvalue weighted by molar-refractivity contribution is 5.85. The molecular weight excluding hydrogens is 280 g/mol. The zero-order valence-corrected chi connectivity index (χ0v) is 13.2. The Morgan fingerprint density at radius 1 is 1.30 bits per heavy atom. The predicted octanol–water partition coefficient (Wildman–Crippen LogP) is 1.82. The van der Waals surface area contributed by atoms with Gasteiger partial charge in [-0.15, -0.1) is 12.4 Å². The summed E-state index contributed by atoms with van der Waals surface area (Å²) >= 11 is 0. The summed E-state index contributed by atoms with van der Waals surface area (Å²) in [6.45, 7) is 4.76. The smallest absolute Gasteiger partial charge is 0.239 e. The summed E-state index contributed by atoms with van der Waals surface area (Å²) in [5, 5.41) is 0. The second-order valence-electron chi connectivity index (χ2n) is 4.33. The van der Waals surface area contributed by atoms with E-state index in [2.05, 4.69) is 0 Å². The molecule has 20 heavy (non-hydrogen) atoms. The third-order valence-electron chi connectivity index (χ3n) is 2.90. The summed E-state index contributed by atoms with van der Waals surface area (Å²) in [5.74, 6) is 1.27.